The third-order valence-corrected chi connectivity index (χ3v) is 3.23. The van der Waals surface area contributed by atoms with Crippen molar-refractivity contribution in [2.45, 2.75) is 37.7 Å². The first-order valence-electron chi connectivity index (χ1n) is 6.38. The van der Waals surface area contributed by atoms with Crippen molar-refractivity contribution in [3.8, 4) is 0 Å². The van der Waals surface area contributed by atoms with Crippen molar-refractivity contribution >= 4 is 15.4 Å². The Bertz CT molecular complexity index is 359. The Morgan fingerprint density at radius 2 is 2.05 bits per heavy atom. The van der Waals surface area contributed by atoms with Crippen LogP contribution in [0.4, 0.5) is 0 Å². The average Bonchev–Trinajstić information content (AvgIpc) is 2.62. The molecule has 0 aromatic rings. The van der Waals surface area contributed by atoms with Crippen LogP contribution in [0.15, 0.2) is 11.9 Å². The molecule has 9 heteroatoms. The molecule has 0 bridgehead atoms. The van der Waals surface area contributed by atoms with Gasteiger partial charge in [-0.3, -0.25) is 4.57 Å². The highest BCUT2D eigenvalue weighted by Gasteiger charge is 2.40. The highest BCUT2D eigenvalue weighted by atomic mass is 31.2. The first kappa shape index (κ1) is 17.8. The Morgan fingerprint density at radius 3 is 2.65 bits per heavy atom. The summed E-state index contributed by atoms with van der Waals surface area (Å²) in [5, 5.41) is 9.94. The second kappa shape index (κ2) is 8.29. The largest absolute Gasteiger partial charge is 0.387 e. The SMILES string of the molecule is [B][C@@H]1O[C@H](/C=C/P(=O)(O)O)C(O)[C@@H]1OCCOCCC. The van der Waals surface area contributed by atoms with E-state index in [0.717, 1.165) is 12.5 Å². The predicted molar refractivity (Wildman–Crippen MR) is 72.5 cm³/mol. The molecule has 2 radical (unpaired) electrons. The second-order valence-electron chi connectivity index (χ2n) is 4.43. The molecule has 1 unspecified atom stereocenters. The molecule has 0 saturated carbocycles. The molecule has 4 atom stereocenters. The fraction of sp³-hybridized carbons (Fsp3) is 0.818. The van der Waals surface area contributed by atoms with Crippen LogP contribution in [0.3, 0.4) is 0 Å². The summed E-state index contributed by atoms with van der Waals surface area (Å²) in [5.74, 6) is 0.681. The van der Waals surface area contributed by atoms with Gasteiger partial charge in [-0.1, -0.05) is 6.92 Å². The normalized spacial score (nSPS) is 31.2. The molecule has 0 spiro atoms. The van der Waals surface area contributed by atoms with Crippen LogP contribution in [0.1, 0.15) is 13.3 Å². The minimum atomic E-state index is -4.29. The van der Waals surface area contributed by atoms with E-state index in [1.165, 1.54) is 0 Å². The summed E-state index contributed by atoms with van der Waals surface area (Å²) >= 11 is 0. The Kier molecular flexibility index (Phi) is 7.40. The molecule has 3 N–H and O–H groups in total. The van der Waals surface area contributed by atoms with Gasteiger partial charge in [0.1, 0.15) is 26.2 Å². The second-order valence-corrected chi connectivity index (χ2v) is 5.91. The van der Waals surface area contributed by atoms with Gasteiger partial charge >= 0.3 is 7.60 Å². The molecule has 7 nitrogen and oxygen atoms in total. The number of ether oxygens (including phenoxy) is 3. The smallest absolute Gasteiger partial charge is 0.348 e. The van der Waals surface area contributed by atoms with Crippen LogP contribution < -0.4 is 0 Å². The van der Waals surface area contributed by atoms with Crippen LogP contribution in [0.5, 0.6) is 0 Å². The molecule has 1 saturated heterocycles. The Labute approximate surface area is 119 Å². The van der Waals surface area contributed by atoms with Crippen LogP contribution in [0.2, 0.25) is 0 Å². The van der Waals surface area contributed by atoms with Crippen molar-refractivity contribution in [1.82, 2.24) is 0 Å². The fourth-order valence-electron chi connectivity index (χ4n) is 1.76. The van der Waals surface area contributed by atoms with E-state index in [2.05, 4.69) is 0 Å². The van der Waals surface area contributed by atoms with E-state index in [1.54, 1.807) is 0 Å². The van der Waals surface area contributed by atoms with Gasteiger partial charge in [-0.25, -0.2) is 0 Å². The molecule has 1 heterocycles. The number of hydrogen-bond donors (Lipinski definition) is 3. The molecule has 1 rings (SSSR count). The maximum atomic E-state index is 10.7. The molecule has 20 heavy (non-hydrogen) atoms. The molecule has 114 valence electrons. The summed E-state index contributed by atoms with van der Waals surface area (Å²) < 4.78 is 26.5. The zero-order valence-corrected chi connectivity index (χ0v) is 12.2. The predicted octanol–water partition coefficient (Wildman–Crippen LogP) is -0.256. The lowest BCUT2D eigenvalue weighted by molar-refractivity contribution is -0.0421. The Morgan fingerprint density at radius 1 is 1.35 bits per heavy atom. The van der Waals surface area contributed by atoms with Crippen LogP contribution in [-0.4, -0.2) is 66.9 Å². The maximum absolute atomic E-state index is 10.7. The van der Waals surface area contributed by atoms with Crippen molar-refractivity contribution < 1.29 is 33.7 Å². The van der Waals surface area contributed by atoms with E-state index in [0.29, 0.717) is 19.0 Å². The van der Waals surface area contributed by atoms with E-state index in [4.69, 9.17) is 31.8 Å². The van der Waals surface area contributed by atoms with Gasteiger partial charge in [0.05, 0.1) is 13.2 Å². The van der Waals surface area contributed by atoms with Crippen LogP contribution >= 0.6 is 7.60 Å². The van der Waals surface area contributed by atoms with Gasteiger partial charge in [-0.05, 0) is 12.5 Å². The molecule has 1 aliphatic rings. The summed E-state index contributed by atoms with van der Waals surface area (Å²) in [4.78, 5) is 17.5. The molecule has 0 aromatic heterocycles. The van der Waals surface area contributed by atoms with E-state index < -0.39 is 31.9 Å². The highest BCUT2D eigenvalue weighted by Crippen LogP contribution is 2.37. The van der Waals surface area contributed by atoms with E-state index in [1.807, 2.05) is 6.92 Å². The van der Waals surface area contributed by atoms with Crippen molar-refractivity contribution in [3.05, 3.63) is 11.9 Å². The van der Waals surface area contributed by atoms with Gasteiger partial charge in [0, 0.05) is 18.4 Å². The molecule has 1 aliphatic heterocycles. The zero-order valence-electron chi connectivity index (χ0n) is 11.3. The summed E-state index contributed by atoms with van der Waals surface area (Å²) in [7, 11) is 1.37. The highest BCUT2D eigenvalue weighted by molar-refractivity contribution is 7.55. The first-order chi connectivity index (χ1) is 9.35. The molecule has 0 amide bonds. The van der Waals surface area contributed by atoms with E-state index in [9.17, 15) is 9.67 Å². The third kappa shape index (κ3) is 6.05. The number of aliphatic hydroxyl groups excluding tert-OH is 1. The first-order valence-corrected chi connectivity index (χ1v) is 8.06. The van der Waals surface area contributed by atoms with Crippen LogP contribution in [0.25, 0.3) is 0 Å². The summed E-state index contributed by atoms with van der Waals surface area (Å²) in [5.41, 5.74) is 0. The molecule has 0 aromatic carbocycles. The Balaban J connectivity index is 2.42. The zero-order chi connectivity index (χ0) is 15.2. The lowest BCUT2D eigenvalue weighted by Crippen LogP contribution is -2.36. The topological polar surface area (TPSA) is 105 Å². The van der Waals surface area contributed by atoms with Crippen molar-refractivity contribution in [2.75, 3.05) is 19.8 Å². The lowest BCUT2D eigenvalue weighted by Gasteiger charge is -2.18. The van der Waals surface area contributed by atoms with Crippen molar-refractivity contribution in [1.29, 1.82) is 0 Å². The van der Waals surface area contributed by atoms with Crippen LogP contribution in [-0.2, 0) is 18.8 Å². The number of rotatable bonds is 8. The van der Waals surface area contributed by atoms with E-state index >= 15 is 0 Å². The van der Waals surface area contributed by atoms with Crippen molar-refractivity contribution in [2.24, 2.45) is 0 Å². The van der Waals surface area contributed by atoms with Gasteiger partial charge in [0.25, 0.3) is 0 Å². The average molecular weight is 306 g/mol. The van der Waals surface area contributed by atoms with Gasteiger partial charge in [-0.2, -0.15) is 0 Å². The van der Waals surface area contributed by atoms with Gasteiger partial charge in [0.2, 0.25) is 0 Å². The minimum absolute atomic E-state index is 0.258. The quantitative estimate of drug-likeness (QED) is 0.322. The summed E-state index contributed by atoms with van der Waals surface area (Å²) in [6, 6.07) is -0.859. The third-order valence-electron chi connectivity index (χ3n) is 2.67. The van der Waals surface area contributed by atoms with Gasteiger partial charge < -0.3 is 29.1 Å². The minimum Gasteiger partial charge on any atom is -0.387 e. The molecular formula is C11H20BO7P. The van der Waals surface area contributed by atoms with Crippen LogP contribution in [0, 0.1) is 0 Å². The molecule has 1 fully saturated rings. The number of aliphatic hydroxyl groups is 1. The standard InChI is InChI=1S/C11H20BO7P/c1-2-4-17-5-6-18-10-9(13)8(19-11(10)12)3-7-20(14,15)16/h3,7-11,13H,2,4-6H2,1H3,(H2,14,15,16)/b7-3+/t8-,9?,10+,11-/m1/s1. The Hall–Kier alpha value is -0.205. The monoisotopic (exact) mass is 306 g/mol. The molecule has 0 aliphatic carbocycles. The maximum Gasteiger partial charge on any atom is 0.348 e. The summed E-state index contributed by atoms with van der Waals surface area (Å²) in [6.45, 7) is 3.26. The summed E-state index contributed by atoms with van der Waals surface area (Å²) in [6.07, 6.45) is -0.739. The molecular weight excluding hydrogens is 286 g/mol. The fourth-order valence-corrected chi connectivity index (χ4v) is 2.15. The van der Waals surface area contributed by atoms with Gasteiger partial charge in [-0.15, -0.1) is 0 Å². The van der Waals surface area contributed by atoms with Gasteiger partial charge in [0.15, 0.2) is 0 Å². The van der Waals surface area contributed by atoms with E-state index in [-0.39, 0.29) is 6.61 Å². The lowest BCUT2D eigenvalue weighted by atomic mass is 9.93. The number of hydrogen-bond acceptors (Lipinski definition) is 5. The van der Waals surface area contributed by atoms with Crippen molar-refractivity contribution in [3.63, 3.8) is 0 Å².